The van der Waals surface area contributed by atoms with Crippen LogP contribution >= 0.6 is 12.2 Å². The minimum atomic E-state index is -0.679. The third-order valence-corrected chi connectivity index (χ3v) is 2.58. The molecule has 5 N–H and O–H groups in total. The monoisotopic (exact) mass is 292 g/mol. The largest absolute Gasteiger partial charge is 0.497 e. The number of primary amides is 1. The van der Waals surface area contributed by atoms with Crippen molar-refractivity contribution in [1.82, 2.24) is 5.43 Å². The first-order chi connectivity index (χ1) is 9.51. The lowest BCUT2D eigenvalue weighted by Gasteiger charge is -2.04. The molecular weight excluding hydrogens is 280 g/mol. The molecule has 0 unspecified atom stereocenters. The zero-order chi connectivity index (χ0) is 14.7. The molecule has 0 aliphatic rings. The standard InChI is InChI=1S/C12H12N4O3S/c1-18-7-2-3-9-6(4-7)5-8(10(13)17)11(19-9)15-16-12(14)20/h2-5H,1H3,(H2,13,17)(H3,14,16,20). The molecule has 1 aromatic carbocycles. The van der Waals surface area contributed by atoms with E-state index in [2.05, 4.69) is 22.7 Å². The summed E-state index contributed by atoms with van der Waals surface area (Å²) in [7, 11) is 1.54. The number of benzene rings is 1. The molecule has 8 heteroatoms. The van der Waals surface area contributed by atoms with Gasteiger partial charge in [0.15, 0.2) is 5.11 Å². The second kappa shape index (κ2) is 5.57. The Balaban J connectivity index is 2.68. The number of hydrogen-bond acceptors (Lipinski definition) is 5. The fourth-order valence-corrected chi connectivity index (χ4v) is 1.65. The molecule has 0 aliphatic heterocycles. The molecule has 0 bridgehead atoms. The molecule has 0 saturated heterocycles. The first-order valence-electron chi connectivity index (χ1n) is 5.52. The Bertz CT molecular complexity index is 754. The summed E-state index contributed by atoms with van der Waals surface area (Å²) in [4.78, 5) is 11.4. The number of amides is 1. The number of hydrogen-bond donors (Lipinski definition) is 3. The van der Waals surface area contributed by atoms with E-state index in [0.717, 1.165) is 0 Å². The number of thiocarbonyl (C=S) groups is 1. The van der Waals surface area contributed by atoms with Crippen LogP contribution in [0, 0.1) is 0 Å². The van der Waals surface area contributed by atoms with Gasteiger partial charge in [0, 0.05) is 5.39 Å². The molecule has 2 aromatic rings. The Hall–Kier alpha value is -2.61. The number of ether oxygens (including phenoxy) is 1. The first kappa shape index (κ1) is 13.8. The average molecular weight is 292 g/mol. The highest BCUT2D eigenvalue weighted by molar-refractivity contribution is 7.80. The Kier molecular flexibility index (Phi) is 3.85. The molecule has 1 aromatic heterocycles. The van der Waals surface area contributed by atoms with Crippen molar-refractivity contribution in [3.8, 4) is 5.75 Å². The maximum Gasteiger partial charge on any atom is 0.254 e. The van der Waals surface area contributed by atoms with Crippen molar-refractivity contribution in [2.45, 2.75) is 0 Å². The number of carbonyl (C=O) groups is 1. The Morgan fingerprint density at radius 3 is 2.75 bits per heavy atom. The molecule has 0 aliphatic carbocycles. The summed E-state index contributed by atoms with van der Waals surface area (Å²) in [5.41, 5.74) is 13.5. The zero-order valence-corrected chi connectivity index (χ0v) is 11.4. The van der Waals surface area contributed by atoms with E-state index in [1.807, 2.05) is 0 Å². The van der Waals surface area contributed by atoms with Gasteiger partial charge in [0.2, 0.25) is 5.55 Å². The van der Waals surface area contributed by atoms with Gasteiger partial charge < -0.3 is 20.6 Å². The van der Waals surface area contributed by atoms with Gasteiger partial charge in [-0.05, 0) is 36.5 Å². The number of methoxy groups -OCH3 is 1. The number of nitrogens with two attached hydrogens (primary N) is 2. The summed E-state index contributed by atoms with van der Waals surface area (Å²) in [5.74, 6) is -0.0453. The highest BCUT2D eigenvalue weighted by Gasteiger charge is 2.10. The van der Waals surface area contributed by atoms with Crippen LogP contribution in [0.1, 0.15) is 10.4 Å². The SMILES string of the molecule is COc1ccc2oc(=NNC(N)=S)c(C(N)=O)cc2c1. The minimum Gasteiger partial charge on any atom is -0.497 e. The highest BCUT2D eigenvalue weighted by atomic mass is 32.1. The molecule has 0 spiro atoms. The van der Waals surface area contributed by atoms with Crippen LogP contribution in [-0.2, 0) is 0 Å². The Morgan fingerprint density at radius 2 is 2.15 bits per heavy atom. The van der Waals surface area contributed by atoms with E-state index in [9.17, 15) is 4.79 Å². The second-order valence-electron chi connectivity index (χ2n) is 3.82. The smallest absolute Gasteiger partial charge is 0.254 e. The summed E-state index contributed by atoms with van der Waals surface area (Å²) >= 11 is 4.63. The van der Waals surface area contributed by atoms with Crippen LogP contribution in [0.4, 0.5) is 0 Å². The molecule has 1 heterocycles. The van der Waals surface area contributed by atoms with E-state index in [4.69, 9.17) is 20.6 Å². The van der Waals surface area contributed by atoms with E-state index in [1.54, 1.807) is 31.4 Å². The van der Waals surface area contributed by atoms with E-state index in [1.165, 1.54) is 0 Å². The van der Waals surface area contributed by atoms with Gasteiger partial charge in [0.25, 0.3) is 5.91 Å². The topological polar surface area (TPSA) is 116 Å². The quantitative estimate of drug-likeness (QED) is 0.549. The van der Waals surface area contributed by atoms with Crippen LogP contribution in [0.5, 0.6) is 5.75 Å². The van der Waals surface area contributed by atoms with Crippen molar-refractivity contribution in [3.63, 3.8) is 0 Å². The van der Waals surface area contributed by atoms with Gasteiger partial charge in [-0.15, -0.1) is 5.10 Å². The van der Waals surface area contributed by atoms with Crippen molar-refractivity contribution in [3.05, 3.63) is 35.4 Å². The first-order valence-corrected chi connectivity index (χ1v) is 5.93. The van der Waals surface area contributed by atoms with Gasteiger partial charge in [0.05, 0.1) is 7.11 Å². The molecule has 0 radical (unpaired) electrons. The molecule has 0 saturated carbocycles. The third kappa shape index (κ3) is 2.86. The molecular formula is C12H12N4O3S. The van der Waals surface area contributed by atoms with Crippen LogP contribution in [0.15, 0.2) is 33.8 Å². The van der Waals surface area contributed by atoms with Crippen LogP contribution in [-0.4, -0.2) is 18.1 Å². The van der Waals surface area contributed by atoms with Gasteiger partial charge in [-0.3, -0.25) is 10.2 Å². The van der Waals surface area contributed by atoms with Gasteiger partial charge in [-0.2, -0.15) is 0 Å². The molecule has 0 atom stereocenters. The Morgan fingerprint density at radius 1 is 1.40 bits per heavy atom. The van der Waals surface area contributed by atoms with Gasteiger partial charge in [-0.25, -0.2) is 0 Å². The summed E-state index contributed by atoms with van der Waals surface area (Å²) in [6.45, 7) is 0. The maximum atomic E-state index is 11.4. The predicted octanol–water partition coefficient (Wildman–Crippen LogP) is 0.189. The summed E-state index contributed by atoms with van der Waals surface area (Å²) in [5, 5.41) is 4.41. The molecule has 20 heavy (non-hydrogen) atoms. The average Bonchev–Trinajstić information content (AvgIpc) is 2.43. The fraction of sp³-hybridized carbons (Fsp3) is 0.0833. The number of nitrogens with zero attached hydrogens (tertiary/aromatic N) is 1. The lowest BCUT2D eigenvalue weighted by Crippen LogP contribution is -2.29. The van der Waals surface area contributed by atoms with Crippen LogP contribution in [0.3, 0.4) is 0 Å². The lowest BCUT2D eigenvalue weighted by molar-refractivity contribution is 0.0996. The normalized spacial score (nSPS) is 11.3. The molecule has 2 rings (SSSR count). The van der Waals surface area contributed by atoms with Crippen molar-refractivity contribution < 1.29 is 13.9 Å². The second-order valence-corrected chi connectivity index (χ2v) is 4.26. The predicted molar refractivity (Wildman–Crippen MR) is 76.8 cm³/mol. The molecule has 7 nitrogen and oxygen atoms in total. The third-order valence-electron chi connectivity index (χ3n) is 2.49. The fourth-order valence-electron chi connectivity index (χ4n) is 1.60. The van der Waals surface area contributed by atoms with Crippen molar-refractivity contribution in [2.75, 3.05) is 7.11 Å². The molecule has 104 valence electrons. The van der Waals surface area contributed by atoms with Crippen molar-refractivity contribution in [2.24, 2.45) is 16.6 Å². The van der Waals surface area contributed by atoms with E-state index in [0.29, 0.717) is 16.7 Å². The van der Waals surface area contributed by atoms with Gasteiger partial charge >= 0.3 is 0 Å². The van der Waals surface area contributed by atoms with Crippen LogP contribution in [0.2, 0.25) is 0 Å². The number of nitrogens with one attached hydrogen (secondary N) is 1. The number of fused-ring (bicyclic) bond motifs is 1. The summed E-state index contributed by atoms with van der Waals surface area (Å²) < 4.78 is 10.6. The van der Waals surface area contributed by atoms with E-state index < -0.39 is 5.91 Å². The van der Waals surface area contributed by atoms with Gasteiger partial charge in [0.1, 0.15) is 16.9 Å². The summed E-state index contributed by atoms with van der Waals surface area (Å²) in [6, 6.07) is 6.69. The summed E-state index contributed by atoms with van der Waals surface area (Å²) in [6.07, 6.45) is 0. The number of carbonyl (C=O) groups excluding carboxylic acids is 1. The number of rotatable bonds is 3. The molecule has 1 amide bonds. The Labute approximate surface area is 119 Å². The zero-order valence-electron chi connectivity index (χ0n) is 10.5. The maximum absolute atomic E-state index is 11.4. The van der Waals surface area contributed by atoms with Crippen LogP contribution < -0.4 is 27.2 Å². The molecule has 0 fully saturated rings. The minimum absolute atomic E-state index is 0.00275. The lowest BCUT2D eigenvalue weighted by atomic mass is 10.1. The van der Waals surface area contributed by atoms with Crippen LogP contribution in [0.25, 0.3) is 11.0 Å². The highest BCUT2D eigenvalue weighted by Crippen LogP contribution is 2.20. The van der Waals surface area contributed by atoms with Crippen molar-refractivity contribution in [1.29, 1.82) is 0 Å². The van der Waals surface area contributed by atoms with E-state index >= 15 is 0 Å². The van der Waals surface area contributed by atoms with Gasteiger partial charge in [-0.1, -0.05) is 0 Å². The van der Waals surface area contributed by atoms with E-state index in [-0.39, 0.29) is 16.2 Å². The van der Waals surface area contributed by atoms with Crippen molar-refractivity contribution >= 4 is 34.2 Å².